The van der Waals surface area contributed by atoms with Crippen molar-refractivity contribution in [1.29, 1.82) is 0 Å². The zero-order chi connectivity index (χ0) is 18.6. The van der Waals surface area contributed by atoms with Crippen LogP contribution in [0.25, 0.3) is 10.9 Å². The number of para-hydroxylation sites is 1. The van der Waals surface area contributed by atoms with E-state index in [1.54, 1.807) is 0 Å². The molecular weight excluding hydrogens is 463 g/mol. The second-order valence-electron chi connectivity index (χ2n) is 7.10. The van der Waals surface area contributed by atoms with Crippen LogP contribution in [0, 0.1) is 0 Å². The molecule has 0 saturated carbocycles. The minimum atomic E-state index is 0. The minimum Gasteiger partial charge on any atom is -0.356 e. The molecule has 1 atom stereocenters. The smallest absolute Gasteiger partial charge is 0.193 e. The van der Waals surface area contributed by atoms with Crippen LogP contribution < -0.4 is 5.32 Å². The quantitative estimate of drug-likeness (QED) is 0.347. The summed E-state index contributed by atoms with van der Waals surface area (Å²) in [5, 5.41) is 8.99. The average Bonchev–Trinajstić information content (AvgIpc) is 3.34. The summed E-state index contributed by atoms with van der Waals surface area (Å²) in [6.45, 7) is 2.83. The number of halogens is 1. The highest BCUT2D eigenvalue weighted by molar-refractivity contribution is 14.0. The van der Waals surface area contributed by atoms with Crippen molar-refractivity contribution in [3.05, 3.63) is 60.0 Å². The van der Waals surface area contributed by atoms with Gasteiger partial charge in [-0.05, 0) is 24.1 Å². The van der Waals surface area contributed by atoms with E-state index >= 15 is 0 Å². The van der Waals surface area contributed by atoms with Crippen molar-refractivity contribution >= 4 is 40.8 Å². The number of hydrogen-bond acceptors (Lipinski definition) is 3. The number of guanidine groups is 1. The maximum Gasteiger partial charge on any atom is 0.193 e. The number of benzene rings is 1. The van der Waals surface area contributed by atoms with E-state index in [2.05, 4.69) is 50.8 Å². The van der Waals surface area contributed by atoms with E-state index in [9.17, 15) is 0 Å². The van der Waals surface area contributed by atoms with Crippen molar-refractivity contribution in [3.8, 4) is 0 Å². The van der Waals surface area contributed by atoms with Gasteiger partial charge in [0.1, 0.15) is 0 Å². The third kappa shape index (κ3) is 4.63. The Morgan fingerprint density at radius 2 is 2.11 bits per heavy atom. The van der Waals surface area contributed by atoms with E-state index in [1.165, 1.54) is 10.9 Å². The molecule has 1 unspecified atom stereocenters. The third-order valence-electron chi connectivity index (χ3n) is 5.22. The van der Waals surface area contributed by atoms with Gasteiger partial charge >= 0.3 is 0 Å². The molecule has 0 aliphatic carbocycles. The van der Waals surface area contributed by atoms with E-state index in [-0.39, 0.29) is 24.0 Å². The van der Waals surface area contributed by atoms with E-state index in [0.717, 1.165) is 49.6 Å². The fourth-order valence-corrected chi connectivity index (χ4v) is 3.76. The first-order valence-corrected chi connectivity index (χ1v) is 9.52. The van der Waals surface area contributed by atoms with Crippen molar-refractivity contribution in [2.45, 2.75) is 18.8 Å². The molecule has 1 aromatic carbocycles. The molecule has 1 aliphatic heterocycles. The number of hydrogen-bond donors (Lipinski definition) is 1. The number of nitrogens with one attached hydrogen (secondary N) is 1. The van der Waals surface area contributed by atoms with Gasteiger partial charge in [-0.3, -0.25) is 14.7 Å². The van der Waals surface area contributed by atoms with Gasteiger partial charge in [0.2, 0.25) is 0 Å². The van der Waals surface area contributed by atoms with Crippen LogP contribution in [0.4, 0.5) is 0 Å². The molecule has 0 bridgehead atoms. The molecule has 6 nitrogen and oxygen atoms in total. The van der Waals surface area contributed by atoms with Crippen LogP contribution in [0.1, 0.15) is 23.6 Å². The molecule has 148 valence electrons. The Hall–Kier alpha value is -2.16. The van der Waals surface area contributed by atoms with Gasteiger partial charge in [-0.1, -0.05) is 24.3 Å². The molecule has 1 saturated heterocycles. The van der Waals surface area contributed by atoms with Gasteiger partial charge in [0, 0.05) is 63.3 Å². The minimum absolute atomic E-state index is 0. The molecule has 7 heteroatoms. The normalized spacial score (nSPS) is 17.0. The Kier molecular flexibility index (Phi) is 6.88. The van der Waals surface area contributed by atoms with Crippen LogP contribution >= 0.6 is 24.0 Å². The zero-order valence-corrected chi connectivity index (χ0v) is 18.7. The molecule has 0 spiro atoms. The Morgan fingerprint density at radius 3 is 2.89 bits per heavy atom. The highest BCUT2D eigenvalue weighted by Gasteiger charge is 2.26. The van der Waals surface area contributed by atoms with E-state index in [0.29, 0.717) is 5.92 Å². The molecule has 2 aromatic heterocycles. The molecule has 28 heavy (non-hydrogen) atoms. The molecule has 1 N–H and O–H groups in total. The number of likely N-dealkylation sites (tertiary alicyclic amines) is 1. The maximum atomic E-state index is 4.75. The van der Waals surface area contributed by atoms with Crippen LogP contribution in [0.5, 0.6) is 0 Å². The summed E-state index contributed by atoms with van der Waals surface area (Å²) in [5.74, 6) is 1.50. The summed E-state index contributed by atoms with van der Waals surface area (Å²) in [4.78, 5) is 11.6. The van der Waals surface area contributed by atoms with Gasteiger partial charge < -0.3 is 10.2 Å². The number of aryl methyl sites for hydroxylation is 1. The van der Waals surface area contributed by atoms with Crippen molar-refractivity contribution in [2.24, 2.45) is 12.0 Å². The summed E-state index contributed by atoms with van der Waals surface area (Å²) in [7, 11) is 3.82. The second kappa shape index (κ2) is 9.36. The lowest BCUT2D eigenvalue weighted by Crippen LogP contribution is -2.40. The summed E-state index contributed by atoms with van der Waals surface area (Å²) in [6, 6.07) is 12.5. The van der Waals surface area contributed by atoms with Gasteiger partial charge in [-0.2, -0.15) is 5.10 Å². The molecule has 3 heterocycles. The van der Waals surface area contributed by atoms with E-state index in [1.807, 2.05) is 37.1 Å². The predicted octanol–water partition coefficient (Wildman–Crippen LogP) is 3.19. The summed E-state index contributed by atoms with van der Waals surface area (Å²) in [5.41, 5.74) is 3.47. The summed E-state index contributed by atoms with van der Waals surface area (Å²) in [6.07, 6.45) is 6.12. The van der Waals surface area contributed by atoms with Crippen LogP contribution in [0.2, 0.25) is 0 Å². The number of aliphatic imine (C=N–C) groups is 1. The largest absolute Gasteiger partial charge is 0.356 e. The van der Waals surface area contributed by atoms with E-state index < -0.39 is 0 Å². The van der Waals surface area contributed by atoms with Crippen LogP contribution in [0.15, 0.2) is 53.8 Å². The number of rotatable bonds is 4. The fourth-order valence-electron chi connectivity index (χ4n) is 3.76. The topological polar surface area (TPSA) is 58.3 Å². The van der Waals surface area contributed by atoms with Crippen molar-refractivity contribution in [3.63, 3.8) is 0 Å². The summed E-state index contributed by atoms with van der Waals surface area (Å²) < 4.78 is 1.88. The Labute approximate surface area is 183 Å². The second-order valence-corrected chi connectivity index (χ2v) is 7.10. The predicted molar refractivity (Wildman–Crippen MR) is 124 cm³/mol. The lowest BCUT2D eigenvalue weighted by atomic mass is 10.0. The first-order valence-electron chi connectivity index (χ1n) is 9.52. The lowest BCUT2D eigenvalue weighted by molar-refractivity contribution is 0.486. The Bertz CT molecular complexity index is 951. The van der Waals surface area contributed by atoms with Gasteiger partial charge in [0.25, 0.3) is 0 Å². The third-order valence-corrected chi connectivity index (χ3v) is 5.22. The first-order chi connectivity index (χ1) is 13.2. The highest BCUT2D eigenvalue weighted by atomic mass is 127. The van der Waals surface area contributed by atoms with Crippen molar-refractivity contribution in [2.75, 3.05) is 26.7 Å². The summed E-state index contributed by atoms with van der Waals surface area (Å²) >= 11 is 0. The number of fused-ring (bicyclic) bond motifs is 1. The number of nitrogens with zero attached hydrogens (tertiary/aromatic N) is 5. The first kappa shape index (κ1) is 20.6. The Morgan fingerprint density at radius 1 is 1.25 bits per heavy atom. The Balaban J connectivity index is 0.00000225. The molecule has 3 aromatic rings. The highest BCUT2D eigenvalue weighted by Crippen LogP contribution is 2.26. The SMILES string of the molecule is CN=C(NCCc1ccc2ccccc2n1)N1CCC(c2cnn(C)c2)C1.I. The fraction of sp³-hybridized carbons (Fsp3) is 0.381. The average molecular weight is 490 g/mol. The van der Waals surface area contributed by atoms with Gasteiger partial charge in [0.05, 0.1) is 11.7 Å². The van der Waals surface area contributed by atoms with Crippen molar-refractivity contribution < 1.29 is 0 Å². The number of pyridine rings is 1. The molecule has 0 radical (unpaired) electrons. The number of aromatic nitrogens is 3. The van der Waals surface area contributed by atoms with Crippen LogP contribution in [0.3, 0.4) is 0 Å². The lowest BCUT2D eigenvalue weighted by Gasteiger charge is -2.21. The maximum absolute atomic E-state index is 4.75. The van der Waals surface area contributed by atoms with Crippen LogP contribution in [-0.4, -0.2) is 52.3 Å². The molecular formula is C21H27IN6. The van der Waals surface area contributed by atoms with Gasteiger partial charge in [0.15, 0.2) is 5.96 Å². The molecule has 1 aliphatic rings. The van der Waals surface area contributed by atoms with Crippen LogP contribution in [-0.2, 0) is 13.5 Å². The zero-order valence-electron chi connectivity index (χ0n) is 16.4. The molecule has 1 fully saturated rings. The molecule has 4 rings (SSSR count). The monoisotopic (exact) mass is 490 g/mol. The molecule has 0 amide bonds. The van der Waals surface area contributed by atoms with Gasteiger partial charge in [-0.15, -0.1) is 24.0 Å². The van der Waals surface area contributed by atoms with Gasteiger partial charge in [-0.25, -0.2) is 0 Å². The van der Waals surface area contributed by atoms with Crippen molar-refractivity contribution in [1.82, 2.24) is 25.0 Å². The van der Waals surface area contributed by atoms with E-state index in [4.69, 9.17) is 4.98 Å². The standard InChI is InChI=1S/C21H26N6.HI/c1-22-21(27-12-10-17(15-27)18-13-24-26(2)14-18)23-11-9-19-8-7-16-5-3-4-6-20(16)25-19;/h3-8,13-14,17H,9-12,15H2,1-2H3,(H,22,23);1H.